The number of benzene rings is 1. The summed E-state index contributed by atoms with van der Waals surface area (Å²) < 4.78 is 0. The normalized spacial score (nSPS) is 23.0. The Labute approximate surface area is 143 Å². The van der Waals surface area contributed by atoms with Gasteiger partial charge >= 0.3 is 0 Å². The molecule has 1 unspecified atom stereocenters. The summed E-state index contributed by atoms with van der Waals surface area (Å²) in [5.41, 5.74) is 2.26. The Morgan fingerprint density at radius 1 is 1.21 bits per heavy atom. The second-order valence-electron chi connectivity index (χ2n) is 6.95. The van der Waals surface area contributed by atoms with Gasteiger partial charge in [0, 0.05) is 30.5 Å². The van der Waals surface area contributed by atoms with Crippen molar-refractivity contribution in [3.05, 3.63) is 47.7 Å². The highest BCUT2D eigenvalue weighted by Gasteiger charge is 2.40. The van der Waals surface area contributed by atoms with Gasteiger partial charge in [0.2, 0.25) is 11.8 Å². The molecule has 3 rings (SSSR count). The van der Waals surface area contributed by atoms with E-state index in [0.29, 0.717) is 19.4 Å². The summed E-state index contributed by atoms with van der Waals surface area (Å²) in [5, 5.41) is 6.13. The van der Waals surface area contributed by atoms with E-state index < -0.39 is 0 Å². The maximum atomic E-state index is 12.2. The number of amides is 2. The number of carbonyl (C=O) groups excluding carboxylic acids is 2. The van der Waals surface area contributed by atoms with Crippen LogP contribution in [-0.4, -0.2) is 18.4 Å². The molecule has 2 aliphatic rings. The van der Waals surface area contributed by atoms with Crippen molar-refractivity contribution in [3.8, 4) is 0 Å². The van der Waals surface area contributed by atoms with Crippen molar-refractivity contribution in [2.75, 3.05) is 6.54 Å². The molecule has 1 heterocycles. The highest BCUT2D eigenvalue weighted by atomic mass is 16.2. The Hall–Kier alpha value is -2.10. The lowest BCUT2D eigenvalue weighted by Crippen LogP contribution is -2.48. The van der Waals surface area contributed by atoms with Gasteiger partial charge in [0.05, 0.1) is 0 Å². The van der Waals surface area contributed by atoms with Crippen molar-refractivity contribution in [1.29, 1.82) is 0 Å². The molecule has 4 heteroatoms. The molecule has 1 aliphatic carbocycles. The molecule has 2 N–H and O–H groups in total. The van der Waals surface area contributed by atoms with Gasteiger partial charge in [0.1, 0.15) is 0 Å². The Morgan fingerprint density at radius 2 is 2.04 bits per heavy atom. The van der Waals surface area contributed by atoms with Crippen LogP contribution in [0.15, 0.2) is 42.1 Å². The molecule has 0 radical (unpaired) electrons. The predicted octanol–water partition coefficient (Wildman–Crippen LogP) is 3.09. The summed E-state index contributed by atoms with van der Waals surface area (Å²) >= 11 is 0. The third-order valence-electron chi connectivity index (χ3n) is 5.22. The zero-order valence-corrected chi connectivity index (χ0v) is 14.1. The first-order valence-corrected chi connectivity index (χ1v) is 8.99. The van der Waals surface area contributed by atoms with Gasteiger partial charge in [0.15, 0.2) is 0 Å². The topological polar surface area (TPSA) is 58.2 Å². The van der Waals surface area contributed by atoms with Crippen molar-refractivity contribution < 1.29 is 9.59 Å². The van der Waals surface area contributed by atoms with Crippen LogP contribution in [0.3, 0.4) is 0 Å². The van der Waals surface area contributed by atoms with Gasteiger partial charge in [-0.1, -0.05) is 36.4 Å². The first kappa shape index (κ1) is 16.7. The predicted molar refractivity (Wildman–Crippen MR) is 94.1 cm³/mol. The average Bonchev–Trinajstić information content (AvgIpc) is 2.61. The molecular weight excluding hydrogens is 300 g/mol. The summed E-state index contributed by atoms with van der Waals surface area (Å²) in [6.07, 6.45) is 9.08. The molecule has 2 amide bonds. The molecule has 1 aromatic rings. The zero-order chi connectivity index (χ0) is 16.8. The first-order chi connectivity index (χ1) is 11.7. The van der Waals surface area contributed by atoms with Gasteiger partial charge in [-0.05, 0) is 44.1 Å². The summed E-state index contributed by atoms with van der Waals surface area (Å²) in [7, 11) is 0. The number of allylic oxidation sites excluding steroid dienone is 1. The Kier molecular flexibility index (Phi) is 5.34. The Balaban J connectivity index is 1.47. The van der Waals surface area contributed by atoms with Crippen LogP contribution in [0.25, 0.3) is 0 Å². The number of rotatable bonds is 6. The van der Waals surface area contributed by atoms with E-state index in [2.05, 4.69) is 28.8 Å². The Morgan fingerprint density at radius 3 is 2.88 bits per heavy atom. The van der Waals surface area contributed by atoms with Crippen LogP contribution < -0.4 is 10.6 Å². The Bertz CT molecular complexity index is 624. The van der Waals surface area contributed by atoms with Crippen LogP contribution in [0.2, 0.25) is 0 Å². The number of carbonyl (C=O) groups is 2. The molecule has 0 bridgehead atoms. The van der Waals surface area contributed by atoms with Crippen LogP contribution >= 0.6 is 0 Å². The molecule has 1 aliphatic heterocycles. The highest BCUT2D eigenvalue weighted by molar-refractivity contribution is 5.80. The van der Waals surface area contributed by atoms with Gasteiger partial charge in [0.25, 0.3) is 0 Å². The van der Waals surface area contributed by atoms with E-state index >= 15 is 0 Å². The molecule has 1 fully saturated rings. The highest BCUT2D eigenvalue weighted by Crippen LogP contribution is 2.42. The minimum absolute atomic E-state index is 0.0543. The lowest BCUT2D eigenvalue weighted by atomic mass is 9.70. The number of hydrogen-bond donors (Lipinski definition) is 2. The quantitative estimate of drug-likeness (QED) is 0.844. The first-order valence-electron chi connectivity index (χ1n) is 8.99. The molecule has 1 aromatic carbocycles. The van der Waals surface area contributed by atoms with Crippen molar-refractivity contribution >= 4 is 11.8 Å². The van der Waals surface area contributed by atoms with Crippen LogP contribution in [0.1, 0.15) is 50.5 Å². The molecular formula is C20H26N2O2. The molecule has 1 saturated heterocycles. The molecule has 0 aromatic heterocycles. The monoisotopic (exact) mass is 326 g/mol. The third-order valence-corrected chi connectivity index (χ3v) is 5.22. The number of hydrogen-bond acceptors (Lipinski definition) is 2. The standard InChI is InChI=1S/C20H26N2O2/c23-18(11-6-9-16-7-2-1-3-8-16)21-15-20-13-5-4-10-17(20)22-19(24)12-14-20/h1-3,7-8,10H,4-6,9,11-15H2,(H,21,23)(H,22,24). The lowest BCUT2D eigenvalue weighted by molar-refractivity contribution is -0.123. The van der Waals surface area contributed by atoms with Crippen molar-refractivity contribution in [1.82, 2.24) is 10.6 Å². The van der Waals surface area contributed by atoms with Crippen LogP contribution in [-0.2, 0) is 16.0 Å². The minimum atomic E-state index is -0.0543. The summed E-state index contributed by atoms with van der Waals surface area (Å²) in [6.45, 7) is 0.642. The maximum Gasteiger partial charge on any atom is 0.224 e. The molecule has 128 valence electrons. The number of aryl methyl sites for hydroxylation is 1. The van der Waals surface area contributed by atoms with E-state index in [4.69, 9.17) is 0 Å². The SMILES string of the molecule is O=C(CCCc1ccccc1)NCC12CCCC=C1NC(=O)CC2. The fraction of sp³-hybridized carbons (Fsp3) is 0.500. The van der Waals surface area contributed by atoms with Crippen LogP contribution in [0, 0.1) is 5.41 Å². The average molecular weight is 326 g/mol. The summed E-state index contributed by atoms with van der Waals surface area (Å²) in [4.78, 5) is 23.8. The van der Waals surface area contributed by atoms with Crippen LogP contribution in [0.4, 0.5) is 0 Å². The van der Waals surface area contributed by atoms with E-state index in [9.17, 15) is 9.59 Å². The van der Waals surface area contributed by atoms with Gasteiger partial charge < -0.3 is 10.6 Å². The zero-order valence-electron chi connectivity index (χ0n) is 14.1. The molecule has 0 saturated carbocycles. The van der Waals surface area contributed by atoms with E-state index in [0.717, 1.165) is 44.2 Å². The smallest absolute Gasteiger partial charge is 0.224 e. The minimum Gasteiger partial charge on any atom is -0.355 e. The van der Waals surface area contributed by atoms with Gasteiger partial charge in [-0.25, -0.2) is 0 Å². The number of piperidine rings is 1. The largest absolute Gasteiger partial charge is 0.355 e. The van der Waals surface area contributed by atoms with Gasteiger partial charge in [-0.2, -0.15) is 0 Å². The molecule has 24 heavy (non-hydrogen) atoms. The fourth-order valence-corrected chi connectivity index (χ4v) is 3.77. The lowest BCUT2D eigenvalue weighted by Gasteiger charge is -2.42. The van der Waals surface area contributed by atoms with Crippen LogP contribution in [0.5, 0.6) is 0 Å². The molecule has 4 nitrogen and oxygen atoms in total. The second-order valence-corrected chi connectivity index (χ2v) is 6.95. The van der Waals surface area contributed by atoms with Crippen molar-refractivity contribution in [2.45, 2.75) is 51.4 Å². The van der Waals surface area contributed by atoms with Gasteiger partial charge in [-0.15, -0.1) is 0 Å². The molecule has 1 atom stereocenters. The van der Waals surface area contributed by atoms with E-state index in [1.54, 1.807) is 0 Å². The van der Waals surface area contributed by atoms with Crippen molar-refractivity contribution in [3.63, 3.8) is 0 Å². The second kappa shape index (κ2) is 7.65. The molecule has 0 spiro atoms. The van der Waals surface area contributed by atoms with E-state index in [1.165, 1.54) is 5.56 Å². The maximum absolute atomic E-state index is 12.2. The van der Waals surface area contributed by atoms with E-state index in [-0.39, 0.29) is 17.2 Å². The summed E-state index contributed by atoms with van der Waals surface area (Å²) in [6, 6.07) is 10.3. The summed E-state index contributed by atoms with van der Waals surface area (Å²) in [5.74, 6) is 0.218. The fourth-order valence-electron chi connectivity index (χ4n) is 3.77. The third kappa shape index (κ3) is 4.05. The van der Waals surface area contributed by atoms with E-state index in [1.807, 2.05) is 18.2 Å². The van der Waals surface area contributed by atoms with Gasteiger partial charge in [-0.3, -0.25) is 9.59 Å². The number of fused-ring (bicyclic) bond motifs is 1. The number of nitrogens with one attached hydrogen (secondary N) is 2. The van der Waals surface area contributed by atoms with Crippen molar-refractivity contribution in [2.24, 2.45) is 5.41 Å².